The van der Waals surface area contributed by atoms with Gasteiger partial charge in [-0.25, -0.2) is 0 Å². The summed E-state index contributed by atoms with van der Waals surface area (Å²) < 4.78 is 12.0. The highest BCUT2D eigenvalue weighted by molar-refractivity contribution is 9.10. The second-order valence-corrected chi connectivity index (χ2v) is 5.68. The van der Waals surface area contributed by atoms with E-state index in [4.69, 9.17) is 9.26 Å². The molecule has 6 heteroatoms. The molecule has 1 aromatic carbocycles. The predicted molar refractivity (Wildman–Crippen MR) is 85.5 cm³/mol. The fourth-order valence-corrected chi connectivity index (χ4v) is 2.28. The highest BCUT2D eigenvalue weighted by atomic mass is 79.9. The van der Waals surface area contributed by atoms with E-state index in [1.54, 1.807) is 6.20 Å². The minimum Gasteiger partial charge on any atom is -0.484 e. The van der Waals surface area contributed by atoms with Gasteiger partial charge in [0, 0.05) is 10.7 Å². The van der Waals surface area contributed by atoms with Gasteiger partial charge in [-0.3, -0.25) is 4.98 Å². The van der Waals surface area contributed by atoms with Gasteiger partial charge >= 0.3 is 0 Å². The van der Waals surface area contributed by atoms with E-state index >= 15 is 0 Å². The van der Waals surface area contributed by atoms with Gasteiger partial charge in [-0.05, 0) is 49.2 Å². The zero-order valence-corrected chi connectivity index (χ0v) is 13.8. The zero-order chi connectivity index (χ0) is 15.5. The van der Waals surface area contributed by atoms with Crippen molar-refractivity contribution in [1.29, 1.82) is 0 Å². The zero-order valence-electron chi connectivity index (χ0n) is 12.2. The maximum atomic E-state index is 5.72. The van der Waals surface area contributed by atoms with Crippen molar-refractivity contribution in [2.75, 3.05) is 0 Å². The molecular formula is C16H14BrN3O2. The van der Waals surface area contributed by atoms with Gasteiger partial charge in [0.05, 0.1) is 0 Å². The molecular weight excluding hydrogens is 346 g/mol. The van der Waals surface area contributed by atoms with E-state index in [0.717, 1.165) is 21.3 Å². The van der Waals surface area contributed by atoms with Crippen LogP contribution in [0, 0.1) is 13.8 Å². The number of ether oxygens (including phenoxy) is 1. The van der Waals surface area contributed by atoms with Gasteiger partial charge in [0.1, 0.15) is 11.4 Å². The van der Waals surface area contributed by atoms with Crippen molar-refractivity contribution in [1.82, 2.24) is 15.1 Å². The topological polar surface area (TPSA) is 61.0 Å². The van der Waals surface area contributed by atoms with Crippen LogP contribution in [0.3, 0.4) is 0 Å². The molecule has 0 radical (unpaired) electrons. The molecule has 22 heavy (non-hydrogen) atoms. The Bertz CT molecular complexity index is 764. The number of aromatic nitrogens is 3. The summed E-state index contributed by atoms with van der Waals surface area (Å²) in [4.78, 5) is 8.47. The molecule has 0 amide bonds. The Labute approximate surface area is 136 Å². The lowest BCUT2D eigenvalue weighted by Crippen LogP contribution is -1.97. The summed E-state index contributed by atoms with van der Waals surface area (Å²) in [6.07, 6.45) is 1.69. The molecule has 3 rings (SSSR count). The summed E-state index contributed by atoms with van der Waals surface area (Å²) in [7, 11) is 0. The number of hydrogen-bond donors (Lipinski definition) is 0. The molecule has 0 N–H and O–H groups in total. The highest BCUT2D eigenvalue weighted by Gasteiger charge is 2.10. The number of benzene rings is 1. The summed E-state index contributed by atoms with van der Waals surface area (Å²) >= 11 is 3.54. The van der Waals surface area contributed by atoms with Crippen LogP contribution < -0.4 is 4.74 Å². The van der Waals surface area contributed by atoms with E-state index in [1.807, 2.05) is 44.2 Å². The van der Waals surface area contributed by atoms with Crippen LogP contribution in [0.1, 0.15) is 17.0 Å². The standard InChI is InChI=1S/C16H14BrN3O2/c1-10-7-12(8-11(2)15(10)17)21-9-14-19-16(20-22-14)13-5-3-4-6-18-13/h3-8H,9H2,1-2H3. The summed E-state index contributed by atoms with van der Waals surface area (Å²) in [6, 6.07) is 9.48. The van der Waals surface area contributed by atoms with E-state index in [2.05, 4.69) is 31.1 Å². The molecule has 0 aliphatic heterocycles. The van der Waals surface area contributed by atoms with Crippen LogP contribution in [0.15, 0.2) is 45.5 Å². The third-order valence-corrected chi connectivity index (χ3v) is 4.39. The summed E-state index contributed by atoms with van der Waals surface area (Å²) in [5.74, 6) is 1.65. The normalized spacial score (nSPS) is 10.7. The van der Waals surface area contributed by atoms with E-state index in [-0.39, 0.29) is 6.61 Å². The van der Waals surface area contributed by atoms with Crippen LogP contribution in [0.25, 0.3) is 11.5 Å². The first-order chi connectivity index (χ1) is 10.6. The molecule has 2 heterocycles. The number of aryl methyl sites for hydroxylation is 2. The number of halogens is 1. The molecule has 5 nitrogen and oxygen atoms in total. The van der Waals surface area contributed by atoms with Gasteiger partial charge in [-0.2, -0.15) is 4.98 Å². The van der Waals surface area contributed by atoms with Gasteiger partial charge in [0.15, 0.2) is 6.61 Å². The third kappa shape index (κ3) is 3.17. The Hall–Kier alpha value is -2.21. The molecule has 2 aromatic heterocycles. The molecule has 0 saturated heterocycles. The van der Waals surface area contributed by atoms with Crippen molar-refractivity contribution in [3.8, 4) is 17.3 Å². The quantitative estimate of drug-likeness (QED) is 0.701. The van der Waals surface area contributed by atoms with Crippen molar-refractivity contribution < 1.29 is 9.26 Å². The van der Waals surface area contributed by atoms with Crippen LogP contribution in [0.5, 0.6) is 5.75 Å². The first-order valence-corrected chi connectivity index (χ1v) is 7.56. The Morgan fingerprint density at radius 3 is 2.64 bits per heavy atom. The smallest absolute Gasteiger partial charge is 0.264 e. The number of rotatable bonds is 4. The Morgan fingerprint density at radius 2 is 1.95 bits per heavy atom. The Kier molecular flexibility index (Phi) is 4.20. The summed E-state index contributed by atoms with van der Waals surface area (Å²) in [5.41, 5.74) is 2.91. The van der Waals surface area contributed by atoms with Gasteiger partial charge in [0.2, 0.25) is 5.82 Å². The van der Waals surface area contributed by atoms with Crippen LogP contribution >= 0.6 is 15.9 Å². The second kappa shape index (κ2) is 6.27. The highest BCUT2D eigenvalue weighted by Crippen LogP contribution is 2.26. The Morgan fingerprint density at radius 1 is 1.18 bits per heavy atom. The molecule has 0 atom stereocenters. The number of pyridine rings is 1. The molecule has 3 aromatic rings. The maximum Gasteiger partial charge on any atom is 0.264 e. The molecule has 0 aliphatic carbocycles. The second-order valence-electron chi connectivity index (χ2n) is 4.89. The largest absolute Gasteiger partial charge is 0.484 e. The van der Waals surface area contributed by atoms with Crippen molar-refractivity contribution in [2.24, 2.45) is 0 Å². The van der Waals surface area contributed by atoms with E-state index in [0.29, 0.717) is 17.4 Å². The van der Waals surface area contributed by atoms with E-state index < -0.39 is 0 Å². The first kappa shape index (κ1) is 14.7. The fourth-order valence-electron chi connectivity index (χ4n) is 2.05. The molecule has 112 valence electrons. The van der Waals surface area contributed by atoms with Gasteiger partial charge in [0.25, 0.3) is 5.89 Å². The minimum atomic E-state index is 0.223. The van der Waals surface area contributed by atoms with Crippen LogP contribution in [-0.2, 0) is 6.61 Å². The fraction of sp³-hybridized carbons (Fsp3) is 0.188. The van der Waals surface area contributed by atoms with Crippen molar-refractivity contribution in [2.45, 2.75) is 20.5 Å². The van der Waals surface area contributed by atoms with Gasteiger partial charge < -0.3 is 9.26 Å². The maximum absolute atomic E-state index is 5.72. The molecule has 0 spiro atoms. The Balaban J connectivity index is 1.71. The lowest BCUT2D eigenvalue weighted by Gasteiger charge is -2.08. The van der Waals surface area contributed by atoms with E-state index in [1.165, 1.54) is 0 Å². The van der Waals surface area contributed by atoms with Crippen LogP contribution in [0.2, 0.25) is 0 Å². The molecule has 0 fully saturated rings. The van der Waals surface area contributed by atoms with Gasteiger partial charge in [-0.1, -0.05) is 27.2 Å². The number of hydrogen-bond acceptors (Lipinski definition) is 5. The average molecular weight is 360 g/mol. The van der Waals surface area contributed by atoms with Crippen molar-refractivity contribution in [3.63, 3.8) is 0 Å². The molecule has 0 saturated carbocycles. The van der Waals surface area contributed by atoms with Crippen molar-refractivity contribution in [3.05, 3.63) is 58.0 Å². The lowest BCUT2D eigenvalue weighted by molar-refractivity contribution is 0.242. The third-order valence-electron chi connectivity index (χ3n) is 3.13. The summed E-state index contributed by atoms with van der Waals surface area (Å²) in [6.45, 7) is 4.27. The van der Waals surface area contributed by atoms with E-state index in [9.17, 15) is 0 Å². The summed E-state index contributed by atoms with van der Waals surface area (Å²) in [5, 5.41) is 3.91. The van der Waals surface area contributed by atoms with Crippen molar-refractivity contribution >= 4 is 15.9 Å². The number of nitrogens with zero attached hydrogens (tertiary/aromatic N) is 3. The SMILES string of the molecule is Cc1cc(OCc2nc(-c3ccccn3)no2)cc(C)c1Br. The lowest BCUT2D eigenvalue weighted by atomic mass is 10.1. The average Bonchev–Trinajstić information content (AvgIpc) is 3.00. The van der Waals surface area contributed by atoms with Crippen LogP contribution in [0.4, 0.5) is 0 Å². The predicted octanol–water partition coefficient (Wildman–Crippen LogP) is 4.09. The first-order valence-electron chi connectivity index (χ1n) is 6.77. The molecule has 0 unspecified atom stereocenters. The molecule has 0 aliphatic rings. The molecule has 0 bridgehead atoms. The van der Waals surface area contributed by atoms with Gasteiger partial charge in [-0.15, -0.1) is 0 Å². The van der Waals surface area contributed by atoms with Crippen LogP contribution in [-0.4, -0.2) is 15.1 Å². The minimum absolute atomic E-state index is 0.223. The monoisotopic (exact) mass is 359 g/mol.